The molecule has 8 heteroatoms. The van der Waals surface area contributed by atoms with Gasteiger partial charge in [0.25, 0.3) is 5.91 Å². The van der Waals surface area contributed by atoms with Crippen LogP contribution in [0.1, 0.15) is 12.5 Å². The molecular formula is C17H15BrCl2N2O3. The number of carbonyl (C=O) groups is 2. The van der Waals surface area contributed by atoms with Gasteiger partial charge in [0.05, 0.1) is 9.50 Å². The summed E-state index contributed by atoms with van der Waals surface area (Å²) in [6, 6.07) is 8.37. The highest BCUT2D eigenvalue weighted by atomic mass is 79.9. The number of amides is 2. The Morgan fingerprint density at radius 2 is 1.88 bits per heavy atom. The Balaban J connectivity index is 2.02. The molecule has 0 saturated carbocycles. The Bertz CT molecular complexity index is 805. The van der Waals surface area contributed by atoms with Crippen LogP contribution in [0.25, 0.3) is 0 Å². The number of benzene rings is 2. The second kappa shape index (κ2) is 8.56. The SMILES string of the molecule is CC(=O)Nc1cc(NC(=O)COc2c(Cl)cc(Cl)cc2Br)ccc1C. The summed E-state index contributed by atoms with van der Waals surface area (Å²) < 4.78 is 6.01. The van der Waals surface area contributed by atoms with Gasteiger partial charge in [0.15, 0.2) is 12.4 Å². The topological polar surface area (TPSA) is 67.4 Å². The average molecular weight is 446 g/mol. The third-order valence-corrected chi connectivity index (χ3v) is 4.23. The van der Waals surface area contributed by atoms with Crippen LogP contribution in [-0.2, 0) is 9.59 Å². The zero-order valence-corrected chi connectivity index (χ0v) is 16.6. The van der Waals surface area contributed by atoms with Crippen molar-refractivity contribution in [3.8, 4) is 5.75 Å². The number of carbonyl (C=O) groups excluding carboxylic acids is 2. The highest BCUT2D eigenvalue weighted by molar-refractivity contribution is 9.10. The Morgan fingerprint density at radius 1 is 1.16 bits per heavy atom. The average Bonchev–Trinajstić information content (AvgIpc) is 2.49. The van der Waals surface area contributed by atoms with Crippen molar-refractivity contribution in [2.45, 2.75) is 13.8 Å². The quantitative estimate of drug-likeness (QED) is 0.677. The number of ether oxygens (including phenoxy) is 1. The second-order valence-corrected chi connectivity index (χ2v) is 6.94. The predicted molar refractivity (Wildman–Crippen MR) is 104 cm³/mol. The fourth-order valence-corrected chi connectivity index (χ4v) is 3.39. The smallest absolute Gasteiger partial charge is 0.262 e. The molecule has 0 aliphatic rings. The first-order valence-corrected chi connectivity index (χ1v) is 8.76. The lowest BCUT2D eigenvalue weighted by Crippen LogP contribution is -2.20. The third-order valence-electron chi connectivity index (χ3n) is 3.14. The Morgan fingerprint density at radius 3 is 2.52 bits per heavy atom. The second-order valence-electron chi connectivity index (χ2n) is 5.25. The van der Waals surface area contributed by atoms with Gasteiger partial charge in [-0.05, 0) is 52.7 Å². The fourth-order valence-electron chi connectivity index (χ4n) is 2.03. The highest BCUT2D eigenvalue weighted by Gasteiger charge is 2.12. The van der Waals surface area contributed by atoms with Crippen molar-refractivity contribution < 1.29 is 14.3 Å². The van der Waals surface area contributed by atoms with E-state index in [0.29, 0.717) is 31.6 Å². The fraction of sp³-hybridized carbons (Fsp3) is 0.176. The number of halogens is 3. The molecule has 5 nitrogen and oxygen atoms in total. The largest absolute Gasteiger partial charge is 0.481 e. The lowest BCUT2D eigenvalue weighted by Gasteiger charge is -2.12. The van der Waals surface area contributed by atoms with Crippen molar-refractivity contribution in [1.29, 1.82) is 0 Å². The van der Waals surface area contributed by atoms with E-state index >= 15 is 0 Å². The van der Waals surface area contributed by atoms with Crippen LogP contribution in [0.2, 0.25) is 10.0 Å². The van der Waals surface area contributed by atoms with Gasteiger partial charge in [-0.25, -0.2) is 0 Å². The van der Waals surface area contributed by atoms with Gasteiger partial charge < -0.3 is 15.4 Å². The van der Waals surface area contributed by atoms with Crippen LogP contribution < -0.4 is 15.4 Å². The maximum atomic E-state index is 12.1. The van der Waals surface area contributed by atoms with E-state index in [-0.39, 0.29) is 18.4 Å². The van der Waals surface area contributed by atoms with E-state index in [9.17, 15) is 9.59 Å². The van der Waals surface area contributed by atoms with Crippen molar-refractivity contribution in [3.63, 3.8) is 0 Å². The Hall–Kier alpha value is -1.76. The van der Waals surface area contributed by atoms with Gasteiger partial charge in [0.2, 0.25) is 5.91 Å². The molecule has 2 amide bonds. The van der Waals surface area contributed by atoms with Crippen LogP contribution in [0.4, 0.5) is 11.4 Å². The summed E-state index contributed by atoms with van der Waals surface area (Å²) in [6.45, 7) is 3.05. The number of hydrogen-bond acceptors (Lipinski definition) is 3. The van der Waals surface area contributed by atoms with E-state index in [0.717, 1.165) is 5.56 Å². The van der Waals surface area contributed by atoms with Crippen LogP contribution in [0.3, 0.4) is 0 Å². The molecule has 2 rings (SSSR count). The van der Waals surface area contributed by atoms with Crippen molar-refractivity contribution >= 4 is 62.3 Å². The highest BCUT2D eigenvalue weighted by Crippen LogP contribution is 2.36. The number of aryl methyl sites for hydroxylation is 1. The zero-order chi connectivity index (χ0) is 18.6. The molecule has 0 spiro atoms. The van der Waals surface area contributed by atoms with E-state index in [2.05, 4.69) is 26.6 Å². The zero-order valence-electron chi connectivity index (χ0n) is 13.5. The minimum atomic E-state index is -0.365. The molecule has 0 heterocycles. The Kier molecular flexibility index (Phi) is 6.70. The van der Waals surface area contributed by atoms with E-state index in [1.165, 1.54) is 13.0 Å². The maximum Gasteiger partial charge on any atom is 0.262 e. The minimum Gasteiger partial charge on any atom is -0.481 e. The van der Waals surface area contributed by atoms with E-state index in [1.807, 2.05) is 6.92 Å². The van der Waals surface area contributed by atoms with Gasteiger partial charge in [-0.1, -0.05) is 29.3 Å². The van der Waals surface area contributed by atoms with E-state index in [4.69, 9.17) is 27.9 Å². The van der Waals surface area contributed by atoms with Gasteiger partial charge in [-0.3, -0.25) is 9.59 Å². The molecular weight excluding hydrogens is 431 g/mol. The van der Waals surface area contributed by atoms with Crippen molar-refractivity contribution in [3.05, 3.63) is 50.4 Å². The number of hydrogen-bond donors (Lipinski definition) is 2. The standard InChI is InChI=1S/C17H15BrCl2N2O3/c1-9-3-4-12(7-15(9)21-10(2)23)22-16(24)8-25-17-13(18)5-11(19)6-14(17)20/h3-7H,8H2,1-2H3,(H,21,23)(H,22,24). The summed E-state index contributed by atoms with van der Waals surface area (Å²) in [7, 11) is 0. The Labute approximate surface area is 163 Å². The molecule has 0 bridgehead atoms. The van der Waals surface area contributed by atoms with Crippen molar-refractivity contribution in [1.82, 2.24) is 0 Å². The molecule has 0 fully saturated rings. The molecule has 0 atom stereocenters. The van der Waals surface area contributed by atoms with Gasteiger partial charge in [0.1, 0.15) is 0 Å². The molecule has 2 aromatic rings. The summed E-state index contributed by atoms with van der Waals surface area (Å²) in [5.74, 6) is -0.211. The van der Waals surface area contributed by atoms with Crippen LogP contribution in [0, 0.1) is 6.92 Å². The van der Waals surface area contributed by atoms with Crippen LogP contribution in [-0.4, -0.2) is 18.4 Å². The number of anilines is 2. The minimum absolute atomic E-state index is 0.183. The van der Waals surface area contributed by atoms with Crippen molar-refractivity contribution in [2.24, 2.45) is 0 Å². The summed E-state index contributed by atoms with van der Waals surface area (Å²) >= 11 is 15.2. The molecule has 2 aromatic carbocycles. The maximum absolute atomic E-state index is 12.1. The summed E-state index contributed by atoms with van der Waals surface area (Å²) in [6.07, 6.45) is 0. The normalized spacial score (nSPS) is 10.3. The lowest BCUT2D eigenvalue weighted by molar-refractivity contribution is -0.118. The third kappa shape index (κ3) is 5.63. The molecule has 0 aliphatic heterocycles. The van der Waals surface area contributed by atoms with E-state index < -0.39 is 0 Å². The van der Waals surface area contributed by atoms with E-state index in [1.54, 1.807) is 24.3 Å². The monoisotopic (exact) mass is 444 g/mol. The molecule has 0 aromatic heterocycles. The molecule has 132 valence electrons. The van der Waals surface area contributed by atoms with Gasteiger partial charge in [0, 0.05) is 23.3 Å². The number of rotatable bonds is 5. The van der Waals surface area contributed by atoms with Crippen LogP contribution >= 0.6 is 39.1 Å². The van der Waals surface area contributed by atoms with Gasteiger partial charge >= 0.3 is 0 Å². The van der Waals surface area contributed by atoms with Crippen LogP contribution in [0.15, 0.2) is 34.8 Å². The molecule has 0 unspecified atom stereocenters. The summed E-state index contributed by atoms with van der Waals surface area (Å²) in [5.41, 5.74) is 2.07. The van der Waals surface area contributed by atoms with Crippen molar-refractivity contribution in [2.75, 3.05) is 17.2 Å². The first-order valence-electron chi connectivity index (χ1n) is 7.21. The van der Waals surface area contributed by atoms with Gasteiger partial charge in [-0.15, -0.1) is 0 Å². The van der Waals surface area contributed by atoms with Crippen LogP contribution in [0.5, 0.6) is 5.75 Å². The molecule has 0 aliphatic carbocycles. The molecule has 2 N–H and O–H groups in total. The predicted octanol–water partition coefficient (Wildman–Crippen LogP) is 5.04. The lowest BCUT2D eigenvalue weighted by atomic mass is 10.1. The molecule has 0 saturated heterocycles. The molecule has 25 heavy (non-hydrogen) atoms. The first-order chi connectivity index (χ1) is 11.8. The first kappa shape index (κ1) is 19.6. The molecule has 0 radical (unpaired) electrons. The van der Waals surface area contributed by atoms with Gasteiger partial charge in [-0.2, -0.15) is 0 Å². The summed E-state index contributed by atoms with van der Waals surface area (Å²) in [5, 5.41) is 6.17. The number of nitrogens with one attached hydrogen (secondary N) is 2. The summed E-state index contributed by atoms with van der Waals surface area (Å²) in [4.78, 5) is 23.3.